The molecule has 2 aromatic carbocycles. The molecule has 0 atom stereocenters. The average Bonchev–Trinajstić information content (AvgIpc) is 3.18. The molecule has 0 radical (unpaired) electrons. The summed E-state index contributed by atoms with van der Waals surface area (Å²) in [7, 11) is 0. The van der Waals surface area contributed by atoms with Gasteiger partial charge < -0.3 is 15.8 Å². The third kappa shape index (κ3) is 2.51. The summed E-state index contributed by atoms with van der Waals surface area (Å²) in [5.41, 5.74) is 9.75. The fourth-order valence-corrected chi connectivity index (χ4v) is 2.70. The molecule has 0 aliphatic rings. The predicted octanol–water partition coefficient (Wildman–Crippen LogP) is 2.73. The number of aromatic amines is 2. The third-order valence-electron chi connectivity index (χ3n) is 4.07. The fraction of sp³-hybridized carbons (Fsp3) is 0.0556. The molecule has 4 rings (SSSR count). The number of imidazole rings is 1. The summed E-state index contributed by atoms with van der Waals surface area (Å²) in [6.45, 7) is 1.99. The van der Waals surface area contributed by atoms with E-state index < -0.39 is 5.91 Å². The molecule has 0 spiro atoms. The molecule has 0 fully saturated rings. The maximum absolute atomic E-state index is 11.3. The number of primary amides is 1. The summed E-state index contributed by atoms with van der Waals surface area (Å²) in [6, 6.07) is 12.6. The zero-order valence-corrected chi connectivity index (χ0v) is 13.4. The van der Waals surface area contributed by atoms with E-state index in [-0.39, 0.29) is 5.75 Å². The van der Waals surface area contributed by atoms with Crippen LogP contribution in [0.2, 0.25) is 0 Å². The van der Waals surface area contributed by atoms with Crippen LogP contribution in [0.5, 0.6) is 5.75 Å². The number of H-pyrrole nitrogens is 2. The number of benzene rings is 2. The van der Waals surface area contributed by atoms with Crippen LogP contribution in [0.3, 0.4) is 0 Å². The van der Waals surface area contributed by atoms with Gasteiger partial charge in [0.05, 0.1) is 11.0 Å². The van der Waals surface area contributed by atoms with E-state index in [2.05, 4.69) is 20.2 Å². The van der Waals surface area contributed by atoms with Gasteiger partial charge in [-0.1, -0.05) is 29.8 Å². The Bertz CT molecular complexity index is 1090. The Labute approximate surface area is 142 Å². The zero-order valence-electron chi connectivity index (χ0n) is 13.4. The van der Waals surface area contributed by atoms with Crippen LogP contribution in [-0.4, -0.2) is 31.2 Å². The number of hydrogen-bond donors (Lipinski definition) is 4. The molecule has 0 bridgehead atoms. The van der Waals surface area contributed by atoms with Gasteiger partial charge in [-0.15, -0.1) is 0 Å². The van der Waals surface area contributed by atoms with Crippen LogP contribution in [0.15, 0.2) is 42.5 Å². The Balaban J connectivity index is 1.78. The Morgan fingerprint density at radius 3 is 2.64 bits per heavy atom. The van der Waals surface area contributed by atoms with Crippen molar-refractivity contribution in [1.82, 2.24) is 20.2 Å². The van der Waals surface area contributed by atoms with Crippen molar-refractivity contribution in [2.75, 3.05) is 0 Å². The lowest BCUT2D eigenvalue weighted by Gasteiger charge is -1.99. The number of nitrogens with zero attached hydrogens (tertiary/aromatic N) is 2. The van der Waals surface area contributed by atoms with Crippen molar-refractivity contribution in [3.8, 4) is 28.5 Å². The number of hydrogen-bond acceptors (Lipinski definition) is 4. The van der Waals surface area contributed by atoms with Crippen molar-refractivity contribution in [3.63, 3.8) is 0 Å². The molecule has 0 unspecified atom stereocenters. The highest BCUT2D eigenvalue weighted by Gasteiger charge is 2.18. The first kappa shape index (κ1) is 14.9. The first-order valence-corrected chi connectivity index (χ1v) is 7.67. The van der Waals surface area contributed by atoms with Crippen LogP contribution in [-0.2, 0) is 0 Å². The lowest BCUT2D eigenvalue weighted by Crippen LogP contribution is -2.10. The van der Waals surface area contributed by atoms with Crippen LogP contribution >= 0.6 is 0 Å². The van der Waals surface area contributed by atoms with Crippen molar-refractivity contribution in [3.05, 3.63) is 53.6 Å². The molecule has 0 aliphatic carbocycles. The van der Waals surface area contributed by atoms with E-state index >= 15 is 0 Å². The minimum Gasteiger partial charge on any atom is -0.504 e. The first-order valence-electron chi connectivity index (χ1n) is 7.67. The van der Waals surface area contributed by atoms with Gasteiger partial charge in [0.15, 0.2) is 11.6 Å². The molecule has 0 saturated heterocycles. The van der Waals surface area contributed by atoms with Crippen LogP contribution < -0.4 is 5.73 Å². The highest BCUT2D eigenvalue weighted by atomic mass is 16.3. The van der Waals surface area contributed by atoms with E-state index in [1.807, 2.05) is 31.2 Å². The Kier molecular flexibility index (Phi) is 3.28. The Morgan fingerprint density at radius 2 is 1.92 bits per heavy atom. The average molecular weight is 333 g/mol. The molecular formula is C18H15N5O2. The number of carbonyl (C=O) groups excluding carboxylic acids is 1. The monoisotopic (exact) mass is 333 g/mol. The number of nitrogens with one attached hydrogen (secondary N) is 2. The third-order valence-corrected chi connectivity index (χ3v) is 4.07. The smallest absolute Gasteiger partial charge is 0.248 e. The topological polar surface area (TPSA) is 121 Å². The zero-order chi connectivity index (χ0) is 17.6. The van der Waals surface area contributed by atoms with E-state index in [9.17, 15) is 9.90 Å². The van der Waals surface area contributed by atoms with Gasteiger partial charge in [-0.3, -0.25) is 9.89 Å². The first-order chi connectivity index (χ1) is 12.0. The van der Waals surface area contributed by atoms with Gasteiger partial charge in [-0.05, 0) is 25.1 Å². The van der Waals surface area contributed by atoms with E-state index in [1.165, 1.54) is 0 Å². The second-order valence-corrected chi connectivity index (χ2v) is 5.84. The second kappa shape index (κ2) is 5.48. The summed E-state index contributed by atoms with van der Waals surface area (Å²) < 4.78 is 0. The highest BCUT2D eigenvalue weighted by molar-refractivity contribution is 5.96. The van der Waals surface area contributed by atoms with Gasteiger partial charge in [-0.2, -0.15) is 5.10 Å². The number of aryl methyl sites for hydroxylation is 1. The molecule has 2 aromatic heterocycles. The number of carbonyl (C=O) groups is 1. The molecule has 7 heteroatoms. The SMILES string of the molecule is Cc1ccc(-c2n[nH]c(-c3nc4ccc(C(N)=O)cc4[nH]3)c2O)cc1. The van der Waals surface area contributed by atoms with Gasteiger partial charge in [0, 0.05) is 11.1 Å². The lowest BCUT2D eigenvalue weighted by molar-refractivity contribution is 0.100. The largest absolute Gasteiger partial charge is 0.504 e. The fourth-order valence-electron chi connectivity index (χ4n) is 2.70. The van der Waals surface area contributed by atoms with E-state index in [0.29, 0.717) is 33.8 Å². The van der Waals surface area contributed by atoms with E-state index in [4.69, 9.17) is 5.73 Å². The van der Waals surface area contributed by atoms with Gasteiger partial charge in [0.25, 0.3) is 0 Å². The summed E-state index contributed by atoms with van der Waals surface area (Å²) in [5.74, 6) is -0.0675. The number of amides is 1. The van der Waals surface area contributed by atoms with Gasteiger partial charge in [-0.25, -0.2) is 4.98 Å². The van der Waals surface area contributed by atoms with Gasteiger partial charge >= 0.3 is 0 Å². The van der Waals surface area contributed by atoms with Crippen LogP contribution in [0.4, 0.5) is 0 Å². The van der Waals surface area contributed by atoms with Crippen LogP contribution in [0.1, 0.15) is 15.9 Å². The standard InChI is InChI=1S/C18H15N5O2/c1-9-2-4-10(5-3-9)14-16(24)15(23-22-14)18-20-12-7-6-11(17(19)25)8-13(12)21-18/h2-8,24H,1H3,(H2,19,25)(H,20,21)(H,22,23). The van der Waals surface area contributed by atoms with Crippen molar-refractivity contribution >= 4 is 16.9 Å². The molecule has 2 heterocycles. The van der Waals surface area contributed by atoms with Crippen molar-refractivity contribution in [1.29, 1.82) is 0 Å². The van der Waals surface area contributed by atoms with Gasteiger partial charge in [0.2, 0.25) is 5.91 Å². The van der Waals surface area contributed by atoms with Gasteiger partial charge in [0.1, 0.15) is 11.4 Å². The summed E-state index contributed by atoms with van der Waals surface area (Å²) in [6.07, 6.45) is 0. The number of rotatable bonds is 3. The van der Waals surface area contributed by atoms with Crippen LogP contribution in [0, 0.1) is 6.92 Å². The van der Waals surface area contributed by atoms with Crippen molar-refractivity contribution < 1.29 is 9.90 Å². The van der Waals surface area contributed by atoms with Crippen LogP contribution in [0.25, 0.3) is 33.8 Å². The summed E-state index contributed by atoms with van der Waals surface area (Å²) in [4.78, 5) is 18.8. The number of fused-ring (bicyclic) bond motifs is 1. The number of aromatic nitrogens is 4. The van der Waals surface area contributed by atoms with E-state index in [1.54, 1.807) is 18.2 Å². The molecule has 7 nitrogen and oxygen atoms in total. The van der Waals surface area contributed by atoms with Crippen molar-refractivity contribution in [2.24, 2.45) is 5.73 Å². The highest BCUT2D eigenvalue weighted by Crippen LogP contribution is 2.35. The Morgan fingerprint density at radius 1 is 1.16 bits per heavy atom. The maximum Gasteiger partial charge on any atom is 0.248 e. The molecule has 124 valence electrons. The lowest BCUT2D eigenvalue weighted by atomic mass is 10.1. The molecule has 5 N–H and O–H groups in total. The maximum atomic E-state index is 11.3. The second-order valence-electron chi connectivity index (χ2n) is 5.84. The molecule has 0 saturated carbocycles. The summed E-state index contributed by atoms with van der Waals surface area (Å²) in [5, 5.41) is 17.6. The predicted molar refractivity (Wildman–Crippen MR) is 94.0 cm³/mol. The number of nitrogens with two attached hydrogens (primary N) is 1. The molecule has 4 aromatic rings. The minimum absolute atomic E-state index is 0.0121. The molecule has 25 heavy (non-hydrogen) atoms. The van der Waals surface area contributed by atoms with Crippen molar-refractivity contribution in [2.45, 2.75) is 6.92 Å². The molecule has 0 aliphatic heterocycles. The van der Waals surface area contributed by atoms with E-state index in [0.717, 1.165) is 11.1 Å². The molecule has 1 amide bonds. The molecular weight excluding hydrogens is 318 g/mol. The summed E-state index contributed by atoms with van der Waals surface area (Å²) >= 11 is 0. The minimum atomic E-state index is -0.510. The number of aromatic hydroxyl groups is 1. The normalized spacial score (nSPS) is 11.1. The Hall–Kier alpha value is -3.61. The quantitative estimate of drug-likeness (QED) is 0.460.